The highest BCUT2D eigenvalue weighted by Gasteiger charge is 2.18. The van der Waals surface area contributed by atoms with Gasteiger partial charge in [0.25, 0.3) is 0 Å². The first-order valence-electron chi connectivity index (χ1n) is 5.26. The Hall–Kier alpha value is -1.82. The number of hydrogen-bond acceptors (Lipinski definition) is 4. The van der Waals surface area contributed by atoms with Gasteiger partial charge < -0.3 is 10.4 Å². The number of thioether (sulfide) groups is 1. The summed E-state index contributed by atoms with van der Waals surface area (Å²) in [6.07, 6.45) is 0. The Balaban J connectivity index is 2.49. The topological polar surface area (TPSA) is 83.5 Å². The van der Waals surface area contributed by atoms with Crippen molar-refractivity contribution in [1.29, 1.82) is 0 Å². The summed E-state index contributed by atoms with van der Waals surface area (Å²) in [6.45, 7) is 1.12. The molecule has 0 aliphatic carbocycles. The van der Waals surface area contributed by atoms with Crippen LogP contribution in [-0.2, 0) is 9.59 Å². The van der Waals surface area contributed by atoms with Gasteiger partial charge in [0, 0.05) is 5.56 Å². The second-order valence-electron chi connectivity index (χ2n) is 3.53. The molecule has 6 heteroatoms. The molecule has 0 saturated heterocycles. The van der Waals surface area contributed by atoms with E-state index in [1.807, 2.05) is 0 Å². The van der Waals surface area contributed by atoms with Gasteiger partial charge in [0.1, 0.15) is 6.54 Å². The minimum absolute atomic E-state index is 0.214. The number of amides is 1. The van der Waals surface area contributed by atoms with E-state index in [1.54, 1.807) is 37.3 Å². The van der Waals surface area contributed by atoms with Crippen molar-refractivity contribution in [3.8, 4) is 0 Å². The standard InChI is InChI=1S/C12H13NO4S/c1-8(11(16)13-7-10(14)15)18-12(17)9-5-3-2-4-6-9/h2-6,8H,7H2,1H3,(H,13,16)(H,14,15)/t8-/m1/s1. The lowest BCUT2D eigenvalue weighted by Crippen LogP contribution is -2.35. The monoisotopic (exact) mass is 267 g/mol. The van der Waals surface area contributed by atoms with E-state index in [-0.39, 0.29) is 5.12 Å². The van der Waals surface area contributed by atoms with Crippen molar-refractivity contribution in [2.45, 2.75) is 12.2 Å². The van der Waals surface area contributed by atoms with Crippen molar-refractivity contribution in [1.82, 2.24) is 5.32 Å². The molecule has 0 aliphatic heterocycles. The van der Waals surface area contributed by atoms with Gasteiger partial charge in [0.05, 0.1) is 5.25 Å². The van der Waals surface area contributed by atoms with E-state index in [0.717, 1.165) is 11.8 Å². The minimum Gasteiger partial charge on any atom is -0.480 e. The first kappa shape index (κ1) is 14.2. The summed E-state index contributed by atoms with van der Waals surface area (Å²) in [4.78, 5) is 33.5. The number of carbonyl (C=O) groups excluding carboxylic acids is 2. The van der Waals surface area contributed by atoms with Crippen LogP contribution in [0.2, 0.25) is 0 Å². The molecule has 1 aromatic rings. The molecule has 1 rings (SSSR count). The van der Waals surface area contributed by atoms with Gasteiger partial charge in [-0.3, -0.25) is 14.4 Å². The van der Waals surface area contributed by atoms with Crippen LogP contribution >= 0.6 is 11.8 Å². The van der Waals surface area contributed by atoms with Crippen molar-refractivity contribution >= 4 is 28.8 Å². The first-order valence-corrected chi connectivity index (χ1v) is 6.14. The zero-order valence-electron chi connectivity index (χ0n) is 9.75. The van der Waals surface area contributed by atoms with Gasteiger partial charge in [-0.25, -0.2) is 0 Å². The molecule has 1 atom stereocenters. The third-order valence-corrected chi connectivity index (χ3v) is 3.09. The molecule has 96 valence electrons. The van der Waals surface area contributed by atoms with E-state index in [2.05, 4.69) is 5.32 Å². The van der Waals surface area contributed by atoms with Crippen LogP contribution in [0.4, 0.5) is 0 Å². The Kier molecular flexibility index (Phi) is 5.38. The number of nitrogens with one attached hydrogen (secondary N) is 1. The van der Waals surface area contributed by atoms with E-state index < -0.39 is 23.7 Å². The van der Waals surface area contributed by atoms with Gasteiger partial charge in [-0.1, -0.05) is 42.1 Å². The van der Waals surface area contributed by atoms with Crippen LogP contribution in [-0.4, -0.2) is 33.9 Å². The average Bonchev–Trinajstić information content (AvgIpc) is 2.36. The number of carboxylic acids is 1. The molecule has 1 aromatic carbocycles. The lowest BCUT2D eigenvalue weighted by atomic mass is 10.2. The summed E-state index contributed by atoms with van der Waals surface area (Å²) in [5.41, 5.74) is 0.514. The number of hydrogen-bond donors (Lipinski definition) is 2. The quantitative estimate of drug-likeness (QED) is 0.836. The second-order valence-corrected chi connectivity index (χ2v) is 4.84. The third-order valence-electron chi connectivity index (χ3n) is 2.08. The lowest BCUT2D eigenvalue weighted by molar-refractivity contribution is -0.137. The molecule has 1 amide bonds. The smallest absolute Gasteiger partial charge is 0.322 e. The van der Waals surface area contributed by atoms with E-state index >= 15 is 0 Å². The van der Waals surface area contributed by atoms with Crippen LogP contribution in [0.15, 0.2) is 30.3 Å². The molecule has 2 N–H and O–H groups in total. The summed E-state index contributed by atoms with van der Waals surface area (Å²) in [7, 11) is 0. The summed E-state index contributed by atoms with van der Waals surface area (Å²) in [5, 5.41) is 9.80. The Labute approximate surface area is 109 Å². The largest absolute Gasteiger partial charge is 0.480 e. The molecular weight excluding hydrogens is 254 g/mol. The number of carboxylic acid groups (broad SMARTS) is 1. The van der Waals surface area contributed by atoms with Crippen LogP contribution < -0.4 is 5.32 Å². The summed E-state index contributed by atoms with van der Waals surface area (Å²) in [6, 6.07) is 8.60. The molecule has 0 radical (unpaired) electrons. The molecule has 0 spiro atoms. The second kappa shape index (κ2) is 6.80. The zero-order valence-corrected chi connectivity index (χ0v) is 10.6. The molecule has 0 aromatic heterocycles. The number of carbonyl (C=O) groups is 3. The maximum atomic E-state index is 11.8. The number of benzene rings is 1. The average molecular weight is 267 g/mol. The van der Waals surface area contributed by atoms with Gasteiger partial charge >= 0.3 is 5.97 Å². The zero-order chi connectivity index (χ0) is 13.5. The highest BCUT2D eigenvalue weighted by Crippen LogP contribution is 2.17. The van der Waals surface area contributed by atoms with Crippen molar-refractivity contribution in [3.63, 3.8) is 0 Å². The predicted molar refractivity (Wildman–Crippen MR) is 68.5 cm³/mol. The van der Waals surface area contributed by atoms with E-state index in [4.69, 9.17) is 5.11 Å². The molecule has 0 unspecified atom stereocenters. The fraction of sp³-hybridized carbons (Fsp3) is 0.250. The number of rotatable bonds is 5. The van der Waals surface area contributed by atoms with Crippen molar-refractivity contribution in [3.05, 3.63) is 35.9 Å². The molecule has 0 bridgehead atoms. The van der Waals surface area contributed by atoms with Crippen LogP contribution in [0, 0.1) is 0 Å². The molecule has 0 fully saturated rings. The lowest BCUT2D eigenvalue weighted by Gasteiger charge is -2.09. The van der Waals surface area contributed by atoms with Crippen LogP contribution in [0.25, 0.3) is 0 Å². The summed E-state index contributed by atoms with van der Waals surface area (Å²) < 4.78 is 0. The molecular formula is C12H13NO4S. The first-order chi connectivity index (χ1) is 8.50. The Morgan fingerprint density at radius 3 is 2.44 bits per heavy atom. The van der Waals surface area contributed by atoms with Crippen LogP contribution in [0.5, 0.6) is 0 Å². The normalized spacial score (nSPS) is 11.6. The fourth-order valence-electron chi connectivity index (χ4n) is 1.16. The van der Waals surface area contributed by atoms with E-state index in [1.165, 1.54) is 0 Å². The predicted octanol–water partition coefficient (Wildman–Crippen LogP) is 1.15. The maximum absolute atomic E-state index is 11.8. The number of aliphatic carboxylic acids is 1. The van der Waals surface area contributed by atoms with Gasteiger partial charge in [0.2, 0.25) is 11.0 Å². The van der Waals surface area contributed by atoms with Crippen LogP contribution in [0.1, 0.15) is 17.3 Å². The van der Waals surface area contributed by atoms with E-state index in [9.17, 15) is 14.4 Å². The third kappa shape index (κ3) is 4.58. The molecule has 5 nitrogen and oxygen atoms in total. The molecule has 0 aliphatic rings. The molecule has 18 heavy (non-hydrogen) atoms. The summed E-state index contributed by atoms with van der Waals surface area (Å²) >= 11 is 0.869. The molecule has 0 saturated carbocycles. The SMILES string of the molecule is C[C@@H](SC(=O)c1ccccc1)C(=O)NCC(=O)O. The Bertz CT molecular complexity index is 447. The van der Waals surface area contributed by atoms with E-state index in [0.29, 0.717) is 5.56 Å². The fourth-order valence-corrected chi connectivity index (χ4v) is 1.95. The van der Waals surface area contributed by atoms with Crippen molar-refractivity contribution in [2.24, 2.45) is 0 Å². The molecule has 0 heterocycles. The Morgan fingerprint density at radius 2 is 1.89 bits per heavy atom. The maximum Gasteiger partial charge on any atom is 0.322 e. The highest BCUT2D eigenvalue weighted by molar-refractivity contribution is 8.15. The van der Waals surface area contributed by atoms with Gasteiger partial charge in [-0.2, -0.15) is 0 Å². The van der Waals surface area contributed by atoms with Gasteiger partial charge in [0.15, 0.2) is 0 Å². The van der Waals surface area contributed by atoms with Crippen molar-refractivity contribution in [2.75, 3.05) is 6.54 Å². The summed E-state index contributed by atoms with van der Waals surface area (Å²) in [5.74, 6) is -1.58. The Morgan fingerprint density at radius 1 is 1.28 bits per heavy atom. The highest BCUT2D eigenvalue weighted by atomic mass is 32.2. The van der Waals surface area contributed by atoms with Gasteiger partial charge in [-0.05, 0) is 6.92 Å². The minimum atomic E-state index is -1.12. The van der Waals surface area contributed by atoms with Gasteiger partial charge in [-0.15, -0.1) is 0 Å². The van der Waals surface area contributed by atoms with Crippen molar-refractivity contribution < 1.29 is 19.5 Å². The van der Waals surface area contributed by atoms with Crippen LogP contribution in [0.3, 0.4) is 0 Å².